The van der Waals surface area contributed by atoms with Crippen LogP contribution in [0.5, 0.6) is 0 Å². The number of alkyl halides is 9. The summed E-state index contributed by atoms with van der Waals surface area (Å²) in [6.07, 6.45) is -28.6. The average Bonchev–Trinajstić information content (AvgIpc) is 2.77. The lowest BCUT2D eigenvalue weighted by Crippen LogP contribution is -2.67. The predicted octanol–water partition coefficient (Wildman–Crippen LogP) is 8.84. The first-order chi connectivity index (χ1) is 19.7. The lowest BCUT2D eigenvalue weighted by Gasteiger charge is -2.49. The van der Waals surface area contributed by atoms with Gasteiger partial charge in [0.15, 0.2) is 0 Å². The van der Waals surface area contributed by atoms with Gasteiger partial charge in [0.25, 0.3) is 0 Å². The third-order valence-electron chi connectivity index (χ3n) is 7.45. The molecule has 1 aliphatic rings. The molecule has 0 amide bonds. The van der Waals surface area contributed by atoms with Crippen LogP contribution in [0, 0.1) is 17.3 Å². The molecule has 1 rings (SSSR count). The number of carbonyl (C=O) groups excluding carboxylic acids is 3. The molecule has 0 aromatic carbocycles. The second kappa shape index (κ2) is 12.9. The normalized spacial score (nSPS) is 22.2. The molecule has 264 valence electrons. The van der Waals surface area contributed by atoms with Gasteiger partial charge in [-0.15, -0.1) is 0 Å². The minimum atomic E-state index is -6.47. The smallest absolute Gasteiger partial charge is 0.462 e. The van der Waals surface area contributed by atoms with Gasteiger partial charge in [-0.1, -0.05) is 6.92 Å². The maximum Gasteiger partial charge on any atom is 0.510 e. The fraction of sp³-hybridized carbons (Fsp3) is 0.893. The standard InChI is InChI=1S/C28H41F9O8/c1-11-23(8,9)18(38)41-17-13-15(24(10,26(29,30)31)44-19(39)42-21(2,3)4)12-16(14-17)25(27(32,33)34,28(35,36)37)45-20(40)43-22(5,6)7/h15-17H,11-14H2,1-10H3. The molecule has 0 N–H and O–H groups in total. The van der Waals surface area contributed by atoms with Gasteiger partial charge in [0.2, 0.25) is 5.60 Å². The van der Waals surface area contributed by atoms with Crippen molar-refractivity contribution in [2.45, 2.75) is 142 Å². The van der Waals surface area contributed by atoms with E-state index in [9.17, 15) is 53.9 Å². The Morgan fingerprint density at radius 3 is 1.33 bits per heavy atom. The minimum Gasteiger partial charge on any atom is -0.462 e. The molecule has 4 atom stereocenters. The summed E-state index contributed by atoms with van der Waals surface area (Å²) in [6, 6.07) is 0. The van der Waals surface area contributed by atoms with E-state index in [0.717, 1.165) is 20.8 Å². The largest absolute Gasteiger partial charge is 0.510 e. The third-order valence-corrected chi connectivity index (χ3v) is 7.45. The monoisotopic (exact) mass is 676 g/mol. The molecular weight excluding hydrogens is 635 g/mol. The Hall–Kier alpha value is -2.62. The van der Waals surface area contributed by atoms with Gasteiger partial charge in [0, 0.05) is 11.8 Å². The molecule has 0 bridgehead atoms. The van der Waals surface area contributed by atoms with Gasteiger partial charge in [0.05, 0.1) is 5.41 Å². The van der Waals surface area contributed by atoms with E-state index in [1.165, 1.54) is 41.5 Å². The highest BCUT2D eigenvalue weighted by atomic mass is 19.4. The molecule has 0 aromatic heterocycles. The SMILES string of the molecule is CCC(C)(C)C(=O)OC1CC(C(C)(OC(=O)OC(C)(C)C)C(F)(F)F)CC(C(OC(=O)OC(C)(C)C)(C(F)(F)F)C(F)(F)F)C1. The molecule has 8 nitrogen and oxygen atoms in total. The molecule has 1 fully saturated rings. The number of ether oxygens (including phenoxy) is 5. The molecule has 17 heteroatoms. The van der Waals surface area contributed by atoms with Crippen LogP contribution in [-0.4, -0.2) is 65.3 Å². The summed E-state index contributed by atoms with van der Waals surface area (Å²) >= 11 is 0. The highest BCUT2D eigenvalue weighted by Crippen LogP contribution is 2.58. The van der Waals surface area contributed by atoms with Gasteiger partial charge in [0.1, 0.15) is 17.3 Å². The molecule has 0 radical (unpaired) electrons. The Morgan fingerprint density at radius 2 is 0.978 bits per heavy atom. The Kier molecular flexibility index (Phi) is 11.6. The molecule has 0 aliphatic heterocycles. The van der Waals surface area contributed by atoms with E-state index >= 15 is 0 Å². The Morgan fingerprint density at radius 1 is 0.578 bits per heavy atom. The topological polar surface area (TPSA) is 97.4 Å². The van der Waals surface area contributed by atoms with Crippen LogP contribution in [0.1, 0.15) is 94.9 Å². The van der Waals surface area contributed by atoms with Crippen molar-refractivity contribution in [1.29, 1.82) is 0 Å². The zero-order chi connectivity index (χ0) is 35.8. The maximum atomic E-state index is 14.6. The summed E-state index contributed by atoms with van der Waals surface area (Å²) in [4.78, 5) is 37.6. The van der Waals surface area contributed by atoms with Crippen molar-refractivity contribution in [3.05, 3.63) is 0 Å². The summed E-state index contributed by atoms with van der Waals surface area (Å²) in [5.74, 6) is -6.54. The number of hydrogen-bond donors (Lipinski definition) is 0. The van der Waals surface area contributed by atoms with Gasteiger partial charge < -0.3 is 23.7 Å². The van der Waals surface area contributed by atoms with Crippen LogP contribution in [-0.2, 0) is 28.5 Å². The van der Waals surface area contributed by atoms with Gasteiger partial charge in [-0.05, 0) is 88.0 Å². The summed E-state index contributed by atoms with van der Waals surface area (Å²) < 4.78 is 155. The average molecular weight is 677 g/mol. The summed E-state index contributed by atoms with van der Waals surface area (Å²) in [5, 5.41) is 0. The number of carbonyl (C=O) groups is 3. The van der Waals surface area contributed by atoms with E-state index in [4.69, 9.17) is 9.47 Å². The fourth-order valence-electron chi connectivity index (χ4n) is 4.64. The van der Waals surface area contributed by atoms with E-state index in [0.29, 0.717) is 0 Å². The fourth-order valence-corrected chi connectivity index (χ4v) is 4.64. The zero-order valence-electron chi connectivity index (χ0n) is 26.7. The highest BCUT2D eigenvalue weighted by molar-refractivity contribution is 5.76. The van der Waals surface area contributed by atoms with Crippen LogP contribution in [0.25, 0.3) is 0 Å². The minimum absolute atomic E-state index is 0.0875. The Bertz CT molecular complexity index is 1050. The maximum absolute atomic E-state index is 14.6. The van der Waals surface area contributed by atoms with Crippen molar-refractivity contribution in [3.8, 4) is 0 Å². The number of esters is 1. The first-order valence-electron chi connectivity index (χ1n) is 14.0. The summed E-state index contributed by atoms with van der Waals surface area (Å²) in [5.41, 5.74) is -13.5. The molecule has 0 saturated heterocycles. The first-order valence-corrected chi connectivity index (χ1v) is 14.0. The van der Waals surface area contributed by atoms with Crippen LogP contribution in [0.4, 0.5) is 49.1 Å². The number of rotatable bonds is 7. The molecule has 4 unspecified atom stereocenters. The van der Waals surface area contributed by atoms with Crippen LogP contribution in [0.3, 0.4) is 0 Å². The van der Waals surface area contributed by atoms with Gasteiger partial charge in [-0.2, -0.15) is 39.5 Å². The second-order valence-electron chi connectivity index (χ2n) is 13.8. The van der Waals surface area contributed by atoms with Crippen molar-refractivity contribution in [2.24, 2.45) is 17.3 Å². The van der Waals surface area contributed by atoms with Crippen molar-refractivity contribution >= 4 is 18.3 Å². The lowest BCUT2D eigenvalue weighted by molar-refractivity contribution is -0.392. The van der Waals surface area contributed by atoms with Crippen molar-refractivity contribution in [3.63, 3.8) is 0 Å². The van der Waals surface area contributed by atoms with Gasteiger partial charge in [-0.25, -0.2) is 9.59 Å². The van der Waals surface area contributed by atoms with Crippen LogP contribution in [0.2, 0.25) is 0 Å². The second-order valence-corrected chi connectivity index (χ2v) is 13.8. The number of hydrogen-bond acceptors (Lipinski definition) is 8. The molecule has 0 aromatic rings. The molecule has 1 aliphatic carbocycles. The molecule has 1 saturated carbocycles. The molecule has 45 heavy (non-hydrogen) atoms. The van der Waals surface area contributed by atoms with Gasteiger partial charge >= 0.3 is 42.4 Å². The molecule has 0 spiro atoms. The number of halogens is 9. The predicted molar refractivity (Wildman–Crippen MR) is 139 cm³/mol. The van der Waals surface area contributed by atoms with Crippen LogP contribution in [0.15, 0.2) is 0 Å². The van der Waals surface area contributed by atoms with E-state index < -0.39 is 102 Å². The molecule has 0 heterocycles. The van der Waals surface area contributed by atoms with E-state index in [-0.39, 0.29) is 13.3 Å². The van der Waals surface area contributed by atoms with Crippen molar-refractivity contribution in [1.82, 2.24) is 0 Å². The van der Waals surface area contributed by atoms with E-state index in [2.05, 4.69) is 14.2 Å². The third kappa shape index (κ3) is 9.69. The Labute approximate surface area is 255 Å². The highest BCUT2D eigenvalue weighted by Gasteiger charge is 2.79. The first kappa shape index (κ1) is 40.4. The summed E-state index contributed by atoms with van der Waals surface area (Å²) in [7, 11) is 0. The summed E-state index contributed by atoms with van der Waals surface area (Å²) in [6.45, 7) is 11.7. The van der Waals surface area contributed by atoms with Crippen molar-refractivity contribution in [2.75, 3.05) is 0 Å². The Balaban J connectivity index is 3.95. The zero-order valence-corrected chi connectivity index (χ0v) is 26.7. The van der Waals surface area contributed by atoms with Crippen LogP contribution >= 0.6 is 0 Å². The van der Waals surface area contributed by atoms with Crippen LogP contribution < -0.4 is 0 Å². The van der Waals surface area contributed by atoms with E-state index in [1.807, 2.05) is 0 Å². The van der Waals surface area contributed by atoms with Crippen molar-refractivity contribution < 1.29 is 77.6 Å². The van der Waals surface area contributed by atoms with E-state index in [1.54, 1.807) is 0 Å². The quantitative estimate of drug-likeness (QED) is 0.150. The van der Waals surface area contributed by atoms with Gasteiger partial charge in [-0.3, -0.25) is 4.79 Å². The molecular formula is C28H41F9O8. The lowest BCUT2D eigenvalue weighted by atomic mass is 9.66.